The molecule has 0 unspecified atom stereocenters. The first-order valence-electron chi connectivity index (χ1n) is 5.27. The number of hydrogen-bond donors (Lipinski definition) is 0. The van der Waals surface area contributed by atoms with E-state index >= 15 is 0 Å². The molecule has 0 bridgehead atoms. The van der Waals surface area contributed by atoms with Crippen LogP contribution in [0.3, 0.4) is 0 Å². The van der Waals surface area contributed by atoms with E-state index in [2.05, 4.69) is 32.0 Å². The van der Waals surface area contributed by atoms with E-state index in [-0.39, 0.29) is 5.91 Å². The second kappa shape index (κ2) is 4.96. The average Bonchev–Trinajstić information content (AvgIpc) is 2.19. The van der Waals surface area contributed by atoms with E-state index in [9.17, 15) is 4.79 Å². The van der Waals surface area contributed by atoms with Gasteiger partial charge in [0.25, 0.3) is 0 Å². The molecule has 2 nitrogen and oxygen atoms in total. The van der Waals surface area contributed by atoms with Crippen LogP contribution in [0.2, 0.25) is 0 Å². The van der Waals surface area contributed by atoms with Crippen LogP contribution >= 0.6 is 0 Å². The molecular weight excluding hydrogens is 186 g/mol. The lowest BCUT2D eigenvalue weighted by Crippen LogP contribution is -2.21. The van der Waals surface area contributed by atoms with Crippen LogP contribution in [-0.2, 0) is 11.2 Å². The highest BCUT2D eigenvalue weighted by molar-refractivity contribution is 5.75. The number of aryl methyl sites for hydroxylation is 3. The Labute approximate surface area is 91.9 Å². The minimum atomic E-state index is 0.188. The third kappa shape index (κ3) is 3.39. The van der Waals surface area contributed by atoms with Gasteiger partial charge in [0.15, 0.2) is 0 Å². The normalized spacial score (nSPS) is 10.1. The Balaban J connectivity index is 2.58. The fourth-order valence-electron chi connectivity index (χ4n) is 1.43. The van der Waals surface area contributed by atoms with Crippen molar-refractivity contribution in [1.82, 2.24) is 4.90 Å². The van der Waals surface area contributed by atoms with Gasteiger partial charge in [-0.2, -0.15) is 0 Å². The third-order valence-electron chi connectivity index (χ3n) is 2.70. The molecule has 0 heterocycles. The van der Waals surface area contributed by atoms with Crippen LogP contribution in [0.15, 0.2) is 18.2 Å². The van der Waals surface area contributed by atoms with Crippen LogP contribution in [0.25, 0.3) is 0 Å². The predicted octanol–water partition coefficient (Wildman–Crippen LogP) is 2.32. The van der Waals surface area contributed by atoms with Gasteiger partial charge in [0.2, 0.25) is 5.91 Å². The molecule has 0 spiro atoms. The molecule has 0 fully saturated rings. The smallest absolute Gasteiger partial charge is 0.222 e. The molecule has 0 saturated carbocycles. The van der Waals surface area contributed by atoms with Gasteiger partial charge in [-0.25, -0.2) is 0 Å². The molecule has 1 aromatic rings. The Bertz CT molecular complexity index is 356. The van der Waals surface area contributed by atoms with Crippen molar-refractivity contribution in [3.63, 3.8) is 0 Å². The summed E-state index contributed by atoms with van der Waals surface area (Å²) in [5.41, 5.74) is 3.84. The first-order chi connectivity index (χ1) is 7.00. The summed E-state index contributed by atoms with van der Waals surface area (Å²) in [4.78, 5) is 13.0. The molecule has 0 aliphatic heterocycles. The molecule has 1 amide bonds. The highest BCUT2D eigenvalue weighted by Gasteiger charge is 2.04. The van der Waals surface area contributed by atoms with Crippen molar-refractivity contribution >= 4 is 5.91 Å². The predicted molar refractivity (Wildman–Crippen MR) is 62.9 cm³/mol. The van der Waals surface area contributed by atoms with Gasteiger partial charge in [0.05, 0.1) is 0 Å². The van der Waals surface area contributed by atoms with Gasteiger partial charge in [-0.15, -0.1) is 0 Å². The summed E-state index contributed by atoms with van der Waals surface area (Å²) in [5.74, 6) is 0.188. The average molecular weight is 205 g/mol. The van der Waals surface area contributed by atoms with Crippen LogP contribution < -0.4 is 0 Å². The Morgan fingerprint density at radius 1 is 1.20 bits per heavy atom. The summed E-state index contributed by atoms with van der Waals surface area (Å²) in [7, 11) is 3.59. The fraction of sp³-hybridized carbons (Fsp3) is 0.462. The Morgan fingerprint density at radius 2 is 1.87 bits per heavy atom. The van der Waals surface area contributed by atoms with Gasteiger partial charge < -0.3 is 4.90 Å². The number of carbonyl (C=O) groups is 1. The van der Waals surface area contributed by atoms with Crippen LogP contribution in [0.4, 0.5) is 0 Å². The maximum absolute atomic E-state index is 11.4. The summed E-state index contributed by atoms with van der Waals surface area (Å²) >= 11 is 0. The summed E-state index contributed by atoms with van der Waals surface area (Å²) in [6.45, 7) is 4.21. The van der Waals surface area contributed by atoms with Gasteiger partial charge in [0.1, 0.15) is 0 Å². The molecule has 0 aromatic heterocycles. The maximum Gasteiger partial charge on any atom is 0.222 e. The molecular formula is C13H19NO. The fourth-order valence-corrected chi connectivity index (χ4v) is 1.43. The number of amides is 1. The lowest BCUT2D eigenvalue weighted by molar-refractivity contribution is -0.128. The molecule has 0 N–H and O–H groups in total. The zero-order valence-electron chi connectivity index (χ0n) is 10.0. The van der Waals surface area contributed by atoms with Crippen molar-refractivity contribution in [3.05, 3.63) is 34.9 Å². The van der Waals surface area contributed by atoms with Gasteiger partial charge in [0, 0.05) is 20.5 Å². The zero-order valence-corrected chi connectivity index (χ0v) is 10.0. The van der Waals surface area contributed by atoms with E-state index in [0.29, 0.717) is 6.42 Å². The molecule has 0 atom stereocenters. The van der Waals surface area contributed by atoms with Crippen molar-refractivity contribution in [2.24, 2.45) is 0 Å². The van der Waals surface area contributed by atoms with Crippen molar-refractivity contribution in [2.45, 2.75) is 26.7 Å². The van der Waals surface area contributed by atoms with Crippen LogP contribution in [0.5, 0.6) is 0 Å². The minimum absolute atomic E-state index is 0.188. The molecule has 2 heteroatoms. The Morgan fingerprint density at radius 3 is 2.40 bits per heavy atom. The zero-order chi connectivity index (χ0) is 11.4. The summed E-state index contributed by atoms with van der Waals surface area (Å²) in [6.07, 6.45) is 1.42. The van der Waals surface area contributed by atoms with Crippen LogP contribution in [-0.4, -0.2) is 24.9 Å². The number of nitrogens with zero attached hydrogens (tertiary/aromatic N) is 1. The Hall–Kier alpha value is -1.31. The molecule has 0 aliphatic carbocycles. The van der Waals surface area contributed by atoms with Crippen LogP contribution in [0.1, 0.15) is 23.1 Å². The van der Waals surface area contributed by atoms with Crippen LogP contribution in [0, 0.1) is 13.8 Å². The largest absolute Gasteiger partial charge is 0.349 e. The van der Waals surface area contributed by atoms with E-state index in [1.54, 1.807) is 19.0 Å². The molecule has 1 rings (SSSR count). The van der Waals surface area contributed by atoms with Crippen molar-refractivity contribution in [3.8, 4) is 0 Å². The Kier molecular flexibility index (Phi) is 3.89. The van der Waals surface area contributed by atoms with Gasteiger partial charge in [-0.05, 0) is 37.0 Å². The quantitative estimate of drug-likeness (QED) is 0.741. The van der Waals surface area contributed by atoms with E-state index < -0.39 is 0 Å². The first kappa shape index (κ1) is 11.8. The molecule has 15 heavy (non-hydrogen) atoms. The van der Waals surface area contributed by atoms with E-state index in [0.717, 1.165) is 6.42 Å². The van der Waals surface area contributed by atoms with E-state index in [1.807, 2.05) is 0 Å². The van der Waals surface area contributed by atoms with Gasteiger partial charge in [-0.1, -0.05) is 18.2 Å². The lowest BCUT2D eigenvalue weighted by atomic mass is 10.0. The minimum Gasteiger partial charge on any atom is -0.349 e. The molecule has 0 radical (unpaired) electrons. The lowest BCUT2D eigenvalue weighted by Gasteiger charge is -2.10. The topological polar surface area (TPSA) is 20.3 Å². The van der Waals surface area contributed by atoms with Gasteiger partial charge >= 0.3 is 0 Å². The molecule has 1 aromatic carbocycles. The number of carbonyl (C=O) groups excluding carboxylic acids is 1. The molecule has 0 saturated heterocycles. The summed E-state index contributed by atoms with van der Waals surface area (Å²) in [6, 6.07) is 6.38. The summed E-state index contributed by atoms with van der Waals surface area (Å²) in [5, 5.41) is 0. The highest BCUT2D eigenvalue weighted by Crippen LogP contribution is 2.11. The van der Waals surface area contributed by atoms with Gasteiger partial charge in [-0.3, -0.25) is 4.79 Å². The third-order valence-corrected chi connectivity index (χ3v) is 2.70. The molecule has 0 aliphatic rings. The van der Waals surface area contributed by atoms with E-state index in [1.165, 1.54) is 16.7 Å². The monoisotopic (exact) mass is 205 g/mol. The maximum atomic E-state index is 11.4. The highest BCUT2D eigenvalue weighted by atomic mass is 16.2. The van der Waals surface area contributed by atoms with Crippen molar-refractivity contribution < 1.29 is 4.79 Å². The van der Waals surface area contributed by atoms with Crippen molar-refractivity contribution in [1.29, 1.82) is 0 Å². The second-order valence-corrected chi connectivity index (χ2v) is 4.21. The van der Waals surface area contributed by atoms with Crippen molar-refractivity contribution in [2.75, 3.05) is 14.1 Å². The number of benzene rings is 1. The number of rotatable bonds is 3. The van der Waals surface area contributed by atoms with E-state index in [4.69, 9.17) is 0 Å². The molecule has 82 valence electrons. The first-order valence-corrected chi connectivity index (χ1v) is 5.27. The second-order valence-electron chi connectivity index (χ2n) is 4.21. The standard InChI is InChI=1S/C13H19NO/c1-10-5-6-12(9-11(10)2)7-8-13(15)14(3)4/h5-6,9H,7-8H2,1-4H3. The SMILES string of the molecule is Cc1ccc(CCC(=O)N(C)C)cc1C. The summed E-state index contributed by atoms with van der Waals surface area (Å²) < 4.78 is 0. The number of hydrogen-bond acceptors (Lipinski definition) is 1.